The highest BCUT2D eigenvalue weighted by atomic mass is 35.5. The van der Waals surface area contributed by atoms with Crippen molar-refractivity contribution in [2.75, 3.05) is 0 Å². The maximum Gasteiger partial charge on any atom is 0.333 e. The van der Waals surface area contributed by atoms with Crippen molar-refractivity contribution in [3.05, 3.63) is 61.9 Å². The molecule has 5 heteroatoms. The van der Waals surface area contributed by atoms with Gasteiger partial charge in [0.05, 0.1) is 5.69 Å². The van der Waals surface area contributed by atoms with Gasteiger partial charge in [-0.1, -0.05) is 29.8 Å². The van der Waals surface area contributed by atoms with E-state index >= 15 is 0 Å². The van der Waals surface area contributed by atoms with Crippen LogP contribution in [0.3, 0.4) is 0 Å². The Morgan fingerprint density at radius 3 is 2.44 bits per heavy atom. The third kappa shape index (κ3) is 1.67. The first-order valence-electron chi connectivity index (χ1n) is 4.68. The quantitative estimate of drug-likeness (QED) is 0.816. The van der Waals surface area contributed by atoms with Crippen LogP contribution in [0.4, 0.5) is 0 Å². The van der Waals surface area contributed by atoms with E-state index in [4.69, 9.17) is 11.6 Å². The SMILES string of the molecule is Cc1[nH]c(=O)n(-c2ccccc2)c(=O)c1Cl. The summed E-state index contributed by atoms with van der Waals surface area (Å²) in [5, 5.41) is 0.0310. The minimum Gasteiger partial charge on any atom is -0.310 e. The summed E-state index contributed by atoms with van der Waals surface area (Å²) in [6, 6.07) is 8.63. The molecule has 82 valence electrons. The van der Waals surface area contributed by atoms with Crippen LogP contribution in [-0.4, -0.2) is 9.55 Å². The molecule has 0 unspecified atom stereocenters. The molecule has 1 aromatic carbocycles. The van der Waals surface area contributed by atoms with Crippen molar-refractivity contribution in [1.29, 1.82) is 0 Å². The molecule has 1 N–H and O–H groups in total. The van der Waals surface area contributed by atoms with Crippen molar-refractivity contribution in [3.63, 3.8) is 0 Å². The van der Waals surface area contributed by atoms with Crippen LogP contribution >= 0.6 is 11.6 Å². The lowest BCUT2D eigenvalue weighted by atomic mass is 10.3. The van der Waals surface area contributed by atoms with Crippen molar-refractivity contribution in [3.8, 4) is 5.69 Å². The summed E-state index contributed by atoms with van der Waals surface area (Å²) in [5.41, 5.74) is -0.119. The number of benzene rings is 1. The van der Waals surface area contributed by atoms with Crippen molar-refractivity contribution in [2.45, 2.75) is 6.92 Å². The zero-order valence-corrected chi connectivity index (χ0v) is 9.28. The number of rotatable bonds is 1. The van der Waals surface area contributed by atoms with Gasteiger partial charge in [0.2, 0.25) is 0 Å². The second-order valence-corrected chi connectivity index (χ2v) is 3.72. The van der Waals surface area contributed by atoms with Gasteiger partial charge in [-0.05, 0) is 19.1 Å². The van der Waals surface area contributed by atoms with Crippen LogP contribution in [0.2, 0.25) is 5.02 Å². The van der Waals surface area contributed by atoms with E-state index in [1.165, 1.54) is 0 Å². The number of aromatic nitrogens is 2. The molecule has 2 aromatic rings. The van der Waals surface area contributed by atoms with E-state index in [0.29, 0.717) is 11.4 Å². The lowest BCUT2D eigenvalue weighted by molar-refractivity contribution is 0.858. The number of aromatic amines is 1. The third-order valence-corrected chi connectivity index (χ3v) is 2.68. The van der Waals surface area contributed by atoms with Crippen LogP contribution in [0.25, 0.3) is 5.69 Å². The van der Waals surface area contributed by atoms with Gasteiger partial charge in [0, 0.05) is 5.69 Å². The predicted molar refractivity (Wildman–Crippen MR) is 62.4 cm³/mol. The van der Waals surface area contributed by atoms with Gasteiger partial charge in [0.1, 0.15) is 5.02 Å². The summed E-state index contributed by atoms with van der Waals surface area (Å²) < 4.78 is 1.01. The Kier molecular flexibility index (Phi) is 2.66. The van der Waals surface area contributed by atoms with Gasteiger partial charge < -0.3 is 4.98 Å². The molecule has 0 aliphatic carbocycles. The van der Waals surface area contributed by atoms with Crippen LogP contribution in [0, 0.1) is 6.92 Å². The molecule has 0 bridgehead atoms. The molecule has 0 radical (unpaired) electrons. The molecule has 0 aliphatic heterocycles. The number of hydrogen-bond acceptors (Lipinski definition) is 2. The van der Waals surface area contributed by atoms with E-state index in [2.05, 4.69) is 4.98 Å². The van der Waals surface area contributed by atoms with Gasteiger partial charge in [0.15, 0.2) is 0 Å². The third-order valence-electron chi connectivity index (χ3n) is 2.23. The van der Waals surface area contributed by atoms with Gasteiger partial charge in [-0.25, -0.2) is 9.36 Å². The van der Waals surface area contributed by atoms with E-state index < -0.39 is 11.2 Å². The Bertz CT molecular complexity index is 629. The van der Waals surface area contributed by atoms with Crippen molar-refractivity contribution >= 4 is 11.6 Å². The largest absolute Gasteiger partial charge is 0.333 e. The molecule has 2 rings (SSSR count). The molecule has 0 spiro atoms. The maximum absolute atomic E-state index is 11.8. The van der Waals surface area contributed by atoms with Crippen molar-refractivity contribution < 1.29 is 0 Å². The fourth-order valence-electron chi connectivity index (χ4n) is 1.43. The first-order chi connectivity index (χ1) is 7.61. The summed E-state index contributed by atoms with van der Waals surface area (Å²) in [4.78, 5) is 26.0. The number of nitrogens with one attached hydrogen (secondary N) is 1. The Morgan fingerprint density at radius 1 is 1.19 bits per heavy atom. The van der Waals surface area contributed by atoms with E-state index in [1.54, 1.807) is 37.3 Å². The Hall–Kier alpha value is -1.81. The summed E-state index contributed by atoms with van der Waals surface area (Å²) in [6.45, 7) is 1.58. The van der Waals surface area contributed by atoms with E-state index in [1.807, 2.05) is 0 Å². The molecule has 0 atom stereocenters. The zero-order chi connectivity index (χ0) is 11.7. The van der Waals surface area contributed by atoms with Gasteiger partial charge in [0.25, 0.3) is 5.56 Å². The molecule has 1 aromatic heterocycles. The standard InChI is InChI=1S/C11H9ClN2O2/c1-7-9(12)10(15)14(11(16)13-7)8-5-3-2-4-6-8/h2-6H,1H3,(H,13,16). The molecule has 0 aliphatic rings. The van der Waals surface area contributed by atoms with Crippen LogP contribution in [0.5, 0.6) is 0 Å². The van der Waals surface area contributed by atoms with Gasteiger partial charge in [-0.15, -0.1) is 0 Å². The molecule has 16 heavy (non-hydrogen) atoms. The van der Waals surface area contributed by atoms with Crippen LogP contribution < -0.4 is 11.2 Å². The first-order valence-corrected chi connectivity index (χ1v) is 5.06. The number of hydrogen-bond donors (Lipinski definition) is 1. The molecule has 1 heterocycles. The van der Waals surface area contributed by atoms with Crippen LogP contribution in [-0.2, 0) is 0 Å². The van der Waals surface area contributed by atoms with Gasteiger partial charge in [-0.3, -0.25) is 4.79 Å². The Morgan fingerprint density at radius 2 is 1.81 bits per heavy atom. The minimum absolute atomic E-state index is 0.0310. The van der Waals surface area contributed by atoms with Crippen LogP contribution in [0.1, 0.15) is 5.69 Å². The molecular formula is C11H9ClN2O2. The van der Waals surface area contributed by atoms with E-state index in [0.717, 1.165) is 4.57 Å². The smallest absolute Gasteiger partial charge is 0.310 e. The summed E-state index contributed by atoms with van der Waals surface area (Å²) >= 11 is 5.80. The second kappa shape index (κ2) is 3.98. The molecule has 0 saturated carbocycles. The van der Waals surface area contributed by atoms with E-state index in [-0.39, 0.29) is 5.02 Å². The summed E-state index contributed by atoms with van der Waals surface area (Å²) in [7, 11) is 0. The highest BCUT2D eigenvalue weighted by Gasteiger charge is 2.10. The normalized spacial score (nSPS) is 10.4. The molecular weight excluding hydrogens is 228 g/mol. The Balaban J connectivity index is 2.82. The highest BCUT2D eigenvalue weighted by Crippen LogP contribution is 2.06. The lowest BCUT2D eigenvalue weighted by Gasteiger charge is -2.05. The van der Waals surface area contributed by atoms with Crippen molar-refractivity contribution in [2.24, 2.45) is 0 Å². The monoisotopic (exact) mass is 236 g/mol. The number of aryl methyl sites for hydroxylation is 1. The molecule has 0 fully saturated rings. The zero-order valence-electron chi connectivity index (χ0n) is 8.53. The number of halogens is 1. The van der Waals surface area contributed by atoms with E-state index in [9.17, 15) is 9.59 Å². The second-order valence-electron chi connectivity index (χ2n) is 3.35. The highest BCUT2D eigenvalue weighted by molar-refractivity contribution is 6.30. The average Bonchev–Trinajstić information content (AvgIpc) is 2.28. The fourth-order valence-corrected chi connectivity index (χ4v) is 1.57. The Labute approximate surface area is 96.1 Å². The van der Waals surface area contributed by atoms with Crippen LogP contribution in [0.15, 0.2) is 39.9 Å². The number of para-hydroxylation sites is 1. The molecule has 4 nitrogen and oxygen atoms in total. The van der Waals surface area contributed by atoms with Gasteiger partial charge in [-0.2, -0.15) is 0 Å². The maximum atomic E-state index is 11.8. The number of nitrogens with zero attached hydrogens (tertiary/aromatic N) is 1. The fraction of sp³-hybridized carbons (Fsp3) is 0.0909. The minimum atomic E-state index is -0.505. The lowest BCUT2D eigenvalue weighted by Crippen LogP contribution is -2.34. The number of H-pyrrole nitrogens is 1. The van der Waals surface area contributed by atoms with Crippen molar-refractivity contribution in [1.82, 2.24) is 9.55 Å². The first kappa shape index (κ1) is 10.7. The molecule has 0 amide bonds. The molecule has 0 saturated heterocycles. The summed E-state index contributed by atoms with van der Waals surface area (Å²) in [6.07, 6.45) is 0. The van der Waals surface area contributed by atoms with Gasteiger partial charge >= 0.3 is 5.69 Å². The average molecular weight is 237 g/mol. The predicted octanol–water partition coefficient (Wildman–Crippen LogP) is 1.49. The topological polar surface area (TPSA) is 54.9 Å². The summed E-state index contributed by atoms with van der Waals surface area (Å²) in [5.74, 6) is 0.